The van der Waals surface area contributed by atoms with Crippen molar-refractivity contribution in [1.29, 1.82) is 0 Å². The minimum atomic E-state index is -5.26. The minimum absolute atomic E-state index is 0.00980. The number of alkyl halides is 6. The molecule has 4 aromatic rings. The van der Waals surface area contributed by atoms with Gasteiger partial charge in [-0.3, -0.25) is 0 Å². The van der Waals surface area contributed by atoms with Crippen LogP contribution >= 0.6 is 11.3 Å². The Morgan fingerprint density at radius 3 is 2.46 bits per heavy atom. The Balaban J connectivity index is 1.78. The quantitative estimate of drug-likeness (QED) is 0.220. The molecule has 0 saturated carbocycles. The number of esters is 1. The number of halogens is 6. The van der Waals surface area contributed by atoms with Gasteiger partial charge in [0.25, 0.3) is 0 Å². The van der Waals surface area contributed by atoms with Crippen LogP contribution in [0.15, 0.2) is 48.1 Å². The summed E-state index contributed by atoms with van der Waals surface area (Å²) in [5, 5.41) is 1.13. The number of benzene rings is 1. The SMILES string of the molecule is C[C@](C#Cc1cccc(-c2nc(C(F)(F)F)c3ccnc(N)c3n2)c1)(OC(=O)C(F)(F)F)c1nccs1. The standard InChI is InChI=1S/C23H13F6N5O2S/c1-21(19-32-9-10-37-19,36-20(35)23(27,28)29)7-5-12-3-2-4-13(11-12)18-33-15-14(6-8-31-17(15)30)16(34-18)22(24,25)26/h2-4,6,8-11H,1H3,(H2,30,31)/t21-/m1/s1. The van der Waals surface area contributed by atoms with E-state index < -0.39 is 29.6 Å². The lowest BCUT2D eigenvalue weighted by molar-refractivity contribution is -0.209. The molecule has 0 bridgehead atoms. The number of rotatable bonds is 3. The number of hydrogen-bond donors (Lipinski definition) is 1. The van der Waals surface area contributed by atoms with Gasteiger partial charge in [-0.1, -0.05) is 18.1 Å². The van der Waals surface area contributed by atoms with E-state index in [9.17, 15) is 31.1 Å². The Morgan fingerprint density at radius 1 is 1.05 bits per heavy atom. The summed E-state index contributed by atoms with van der Waals surface area (Å²) in [6, 6.07) is 6.74. The second kappa shape index (κ2) is 9.32. The van der Waals surface area contributed by atoms with Gasteiger partial charge < -0.3 is 10.5 Å². The summed E-state index contributed by atoms with van der Waals surface area (Å²) >= 11 is 0.921. The van der Waals surface area contributed by atoms with E-state index in [0.717, 1.165) is 30.5 Å². The first kappa shape index (κ1) is 25.8. The summed E-state index contributed by atoms with van der Waals surface area (Å²) in [6.07, 6.45) is -7.67. The van der Waals surface area contributed by atoms with Crippen molar-refractivity contribution in [2.24, 2.45) is 0 Å². The smallest absolute Gasteiger partial charge is 0.432 e. The van der Waals surface area contributed by atoms with Crippen LogP contribution in [0.5, 0.6) is 0 Å². The third-order valence-corrected chi connectivity index (χ3v) is 5.82. The van der Waals surface area contributed by atoms with Crippen LogP contribution < -0.4 is 5.73 Å². The fraction of sp³-hybridized carbons (Fsp3) is 0.174. The number of carbonyl (C=O) groups is 1. The molecule has 4 rings (SSSR count). The Hall–Kier alpha value is -4.25. The van der Waals surface area contributed by atoms with E-state index in [2.05, 4.69) is 36.5 Å². The van der Waals surface area contributed by atoms with Gasteiger partial charge in [-0.2, -0.15) is 26.3 Å². The number of aromatic nitrogens is 4. The Morgan fingerprint density at radius 2 is 1.81 bits per heavy atom. The lowest BCUT2D eigenvalue weighted by atomic mass is 10.1. The van der Waals surface area contributed by atoms with Crippen molar-refractivity contribution in [3.05, 3.63) is 64.4 Å². The molecule has 14 heteroatoms. The van der Waals surface area contributed by atoms with Crippen LogP contribution in [-0.2, 0) is 21.3 Å². The number of nitrogens with two attached hydrogens (primary N) is 1. The van der Waals surface area contributed by atoms with Crippen molar-refractivity contribution in [2.75, 3.05) is 5.73 Å². The average Bonchev–Trinajstić information content (AvgIpc) is 3.37. The van der Waals surface area contributed by atoms with Crippen LogP contribution in [0.2, 0.25) is 0 Å². The summed E-state index contributed by atoms with van der Waals surface area (Å²) < 4.78 is 84.2. The summed E-state index contributed by atoms with van der Waals surface area (Å²) in [5.74, 6) is 2.06. The first-order valence-electron chi connectivity index (χ1n) is 10.1. The van der Waals surface area contributed by atoms with Crippen LogP contribution in [0.1, 0.15) is 23.2 Å². The van der Waals surface area contributed by atoms with E-state index in [1.165, 1.54) is 35.8 Å². The zero-order valence-electron chi connectivity index (χ0n) is 18.5. The van der Waals surface area contributed by atoms with E-state index in [0.29, 0.717) is 0 Å². The average molecular weight is 537 g/mol. The number of pyridine rings is 1. The number of ether oxygens (including phenoxy) is 1. The van der Waals surface area contributed by atoms with Gasteiger partial charge in [-0.25, -0.2) is 24.7 Å². The maximum atomic E-state index is 13.7. The van der Waals surface area contributed by atoms with Crippen LogP contribution in [-0.4, -0.2) is 32.1 Å². The Labute approximate surface area is 208 Å². The molecule has 0 radical (unpaired) electrons. The summed E-state index contributed by atoms with van der Waals surface area (Å²) in [7, 11) is 0. The highest BCUT2D eigenvalue weighted by Crippen LogP contribution is 2.35. The van der Waals surface area contributed by atoms with Crippen LogP contribution in [0.25, 0.3) is 22.3 Å². The molecule has 7 nitrogen and oxygen atoms in total. The van der Waals surface area contributed by atoms with Gasteiger partial charge in [-0.05, 0) is 31.0 Å². The van der Waals surface area contributed by atoms with Gasteiger partial charge in [0.15, 0.2) is 11.5 Å². The van der Waals surface area contributed by atoms with Gasteiger partial charge in [-0.15, -0.1) is 11.3 Å². The molecule has 0 saturated heterocycles. The molecular formula is C23H13F6N5O2S. The highest BCUT2D eigenvalue weighted by Gasteiger charge is 2.46. The van der Waals surface area contributed by atoms with Gasteiger partial charge in [0.2, 0.25) is 5.60 Å². The van der Waals surface area contributed by atoms with E-state index in [1.54, 1.807) is 0 Å². The largest absolute Gasteiger partial charge is 0.490 e. The summed E-state index contributed by atoms with van der Waals surface area (Å²) in [6.45, 7) is 1.14. The third-order valence-electron chi connectivity index (χ3n) is 4.85. The van der Waals surface area contributed by atoms with E-state index in [4.69, 9.17) is 5.73 Å². The van der Waals surface area contributed by atoms with Crippen LogP contribution in [0.4, 0.5) is 32.2 Å². The van der Waals surface area contributed by atoms with Crippen molar-refractivity contribution in [2.45, 2.75) is 24.9 Å². The predicted octanol–water partition coefficient (Wildman–Crippen LogP) is 5.12. The fourth-order valence-electron chi connectivity index (χ4n) is 3.17. The zero-order chi connectivity index (χ0) is 27.0. The van der Waals surface area contributed by atoms with Crippen molar-refractivity contribution >= 4 is 34.0 Å². The van der Waals surface area contributed by atoms with E-state index >= 15 is 0 Å². The highest BCUT2D eigenvalue weighted by atomic mass is 32.1. The van der Waals surface area contributed by atoms with Crippen molar-refractivity contribution in [3.63, 3.8) is 0 Å². The normalized spacial score (nSPS) is 13.5. The number of carbonyl (C=O) groups excluding carboxylic acids is 1. The van der Waals surface area contributed by atoms with Crippen LogP contribution in [0, 0.1) is 11.8 Å². The van der Waals surface area contributed by atoms with Gasteiger partial charge in [0, 0.05) is 34.3 Å². The fourth-order valence-corrected chi connectivity index (χ4v) is 3.86. The van der Waals surface area contributed by atoms with Gasteiger partial charge in [0.1, 0.15) is 16.3 Å². The molecule has 3 aromatic heterocycles. The zero-order valence-corrected chi connectivity index (χ0v) is 19.3. The van der Waals surface area contributed by atoms with Gasteiger partial charge in [0.05, 0.1) is 0 Å². The topological polar surface area (TPSA) is 104 Å². The first-order valence-corrected chi connectivity index (χ1v) is 11.0. The molecule has 0 aliphatic carbocycles. The third kappa shape index (κ3) is 5.46. The molecule has 0 amide bonds. The molecule has 1 aromatic carbocycles. The number of anilines is 1. The number of hydrogen-bond acceptors (Lipinski definition) is 8. The molecule has 0 aliphatic rings. The highest BCUT2D eigenvalue weighted by molar-refractivity contribution is 7.09. The molecule has 0 unspecified atom stereocenters. The summed E-state index contributed by atoms with van der Waals surface area (Å²) in [5.41, 5.74) is 2.55. The summed E-state index contributed by atoms with van der Waals surface area (Å²) in [4.78, 5) is 27.0. The molecule has 0 aliphatic heterocycles. The predicted molar refractivity (Wildman–Crippen MR) is 121 cm³/mol. The Bertz CT molecular complexity index is 1540. The maximum Gasteiger partial charge on any atom is 0.490 e. The van der Waals surface area contributed by atoms with E-state index in [1.807, 2.05) is 0 Å². The first-order chi connectivity index (χ1) is 17.3. The van der Waals surface area contributed by atoms with Crippen molar-refractivity contribution < 1.29 is 35.9 Å². The van der Waals surface area contributed by atoms with E-state index in [-0.39, 0.29) is 38.7 Å². The number of nitrogen functional groups attached to an aromatic ring is 1. The van der Waals surface area contributed by atoms with Crippen molar-refractivity contribution in [3.8, 4) is 23.2 Å². The molecule has 1 atom stereocenters. The maximum absolute atomic E-state index is 13.7. The minimum Gasteiger partial charge on any atom is -0.432 e. The van der Waals surface area contributed by atoms with Crippen LogP contribution in [0.3, 0.4) is 0 Å². The number of thiazole rings is 1. The number of fused-ring (bicyclic) bond motifs is 1. The lowest BCUT2D eigenvalue weighted by Crippen LogP contribution is -2.35. The molecule has 2 N–H and O–H groups in total. The molecular weight excluding hydrogens is 524 g/mol. The monoisotopic (exact) mass is 537 g/mol. The lowest BCUT2D eigenvalue weighted by Gasteiger charge is -2.22. The second-order valence-electron chi connectivity index (χ2n) is 7.57. The molecule has 0 fully saturated rings. The second-order valence-corrected chi connectivity index (χ2v) is 8.47. The number of nitrogens with zero attached hydrogens (tertiary/aromatic N) is 4. The molecule has 37 heavy (non-hydrogen) atoms. The van der Waals surface area contributed by atoms with Gasteiger partial charge >= 0.3 is 18.3 Å². The molecule has 190 valence electrons. The molecule has 3 heterocycles. The Kier molecular flexibility index (Phi) is 6.51. The molecule has 0 spiro atoms. The van der Waals surface area contributed by atoms with Crippen molar-refractivity contribution in [1.82, 2.24) is 19.9 Å².